The van der Waals surface area contributed by atoms with E-state index >= 15 is 0 Å². The van der Waals surface area contributed by atoms with Gasteiger partial charge in [0.2, 0.25) is 5.95 Å². The number of anilines is 1. The van der Waals surface area contributed by atoms with E-state index in [1.807, 2.05) is 12.1 Å². The molecule has 8 heteroatoms. The van der Waals surface area contributed by atoms with Gasteiger partial charge in [-0.1, -0.05) is 30.7 Å². The van der Waals surface area contributed by atoms with Crippen LogP contribution in [0.3, 0.4) is 0 Å². The van der Waals surface area contributed by atoms with Gasteiger partial charge in [-0.2, -0.15) is 10.2 Å². The molecule has 33 heavy (non-hydrogen) atoms. The van der Waals surface area contributed by atoms with Gasteiger partial charge in [-0.15, -0.1) is 0 Å². The number of aromatic nitrogens is 4. The SMILES string of the molecule is Cc1cccc2nc(NC(=O)c3ccnnc3)n(C3CCCCN(C/C=C/CN(C)C)C3)c12. The summed E-state index contributed by atoms with van der Waals surface area (Å²) in [6.07, 6.45) is 10.9. The van der Waals surface area contributed by atoms with E-state index in [1.165, 1.54) is 18.8 Å². The first kappa shape index (κ1) is 23.1. The number of benzene rings is 1. The summed E-state index contributed by atoms with van der Waals surface area (Å²) in [5, 5.41) is 10.6. The van der Waals surface area contributed by atoms with Crippen LogP contribution >= 0.6 is 0 Å². The molecular weight excluding hydrogens is 414 g/mol. The summed E-state index contributed by atoms with van der Waals surface area (Å²) in [7, 11) is 4.16. The Balaban J connectivity index is 1.64. The normalized spacial score (nSPS) is 17.6. The third kappa shape index (κ3) is 5.64. The molecule has 0 radical (unpaired) electrons. The van der Waals surface area contributed by atoms with Crippen LogP contribution in [0, 0.1) is 6.92 Å². The van der Waals surface area contributed by atoms with Gasteiger partial charge in [0.15, 0.2) is 0 Å². The second-order valence-electron chi connectivity index (χ2n) is 8.98. The lowest BCUT2D eigenvalue weighted by Gasteiger charge is -2.26. The number of amides is 1. The number of para-hydroxylation sites is 1. The molecule has 4 rings (SSSR count). The second kappa shape index (κ2) is 10.7. The van der Waals surface area contributed by atoms with Gasteiger partial charge in [0.05, 0.1) is 29.0 Å². The Morgan fingerprint density at radius 2 is 2.09 bits per heavy atom. The predicted octanol–water partition coefficient (Wildman–Crippen LogP) is 3.53. The summed E-state index contributed by atoms with van der Waals surface area (Å²) in [6.45, 7) is 5.99. The second-order valence-corrected chi connectivity index (χ2v) is 8.98. The number of imidazole rings is 1. The molecule has 1 unspecified atom stereocenters. The minimum atomic E-state index is -0.226. The molecule has 0 bridgehead atoms. The van der Waals surface area contributed by atoms with E-state index in [1.54, 1.807) is 6.07 Å². The van der Waals surface area contributed by atoms with Crippen molar-refractivity contribution in [1.82, 2.24) is 29.5 Å². The number of likely N-dealkylation sites (tertiary alicyclic amines) is 1. The van der Waals surface area contributed by atoms with Crippen LogP contribution in [0.4, 0.5) is 5.95 Å². The number of rotatable bonds is 7. The topological polar surface area (TPSA) is 79.2 Å². The number of fused-ring (bicyclic) bond motifs is 1. The average Bonchev–Trinajstić information content (AvgIpc) is 3.01. The first-order valence-electron chi connectivity index (χ1n) is 11.6. The Morgan fingerprint density at radius 1 is 1.21 bits per heavy atom. The molecule has 1 aromatic carbocycles. The summed E-state index contributed by atoms with van der Waals surface area (Å²) in [6, 6.07) is 8.03. The van der Waals surface area contributed by atoms with Gasteiger partial charge in [-0.3, -0.25) is 15.0 Å². The highest BCUT2D eigenvalue weighted by atomic mass is 16.1. The number of nitrogens with zero attached hydrogens (tertiary/aromatic N) is 6. The van der Waals surface area contributed by atoms with Crippen molar-refractivity contribution in [2.24, 2.45) is 0 Å². The fraction of sp³-hybridized carbons (Fsp3) is 0.440. The molecule has 8 nitrogen and oxygen atoms in total. The van der Waals surface area contributed by atoms with E-state index in [0.29, 0.717) is 11.5 Å². The van der Waals surface area contributed by atoms with Crippen LogP contribution in [0.5, 0.6) is 0 Å². The van der Waals surface area contributed by atoms with Crippen LogP contribution in [0.15, 0.2) is 48.8 Å². The van der Waals surface area contributed by atoms with E-state index in [0.717, 1.165) is 55.6 Å². The Bertz CT molecular complexity index is 1110. The van der Waals surface area contributed by atoms with Gasteiger partial charge < -0.3 is 9.47 Å². The van der Waals surface area contributed by atoms with Gasteiger partial charge in [0.25, 0.3) is 5.91 Å². The molecule has 0 saturated carbocycles. The molecule has 3 heterocycles. The molecule has 2 aromatic heterocycles. The van der Waals surface area contributed by atoms with Gasteiger partial charge in [-0.25, -0.2) is 4.98 Å². The monoisotopic (exact) mass is 447 g/mol. The van der Waals surface area contributed by atoms with Crippen molar-refractivity contribution in [3.8, 4) is 0 Å². The maximum Gasteiger partial charge on any atom is 0.259 e. The van der Waals surface area contributed by atoms with Crippen LogP contribution in [0.1, 0.15) is 41.2 Å². The fourth-order valence-electron chi connectivity index (χ4n) is 4.44. The van der Waals surface area contributed by atoms with Crippen molar-refractivity contribution < 1.29 is 4.79 Å². The quantitative estimate of drug-likeness (QED) is 0.558. The third-order valence-electron chi connectivity index (χ3n) is 6.08. The number of carbonyl (C=O) groups excluding carboxylic acids is 1. The molecular formula is C25H33N7O. The molecule has 1 amide bonds. The van der Waals surface area contributed by atoms with E-state index in [4.69, 9.17) is 4.98 Å². The van der Waals surface area contributed by atoms with E-state index in [9.17, 15) is 4.79 Å². The van der Waals surface area contributed by atoms with Gasteiger partial charge in [0, 0.05) is 25.7 Å². The van der Waals surface area contributed by atoms with Gasteiger partial charge in [0.1, 0.15) is 0 Å². The highest BCUT2D eigenvalue weighted by molar-refractivity contribution is 6.04. The smallest absolute Gasteiger partial charge is 0.259 e. The van der Waals surface area contributed by atoms with Crippen molar-refractivity contribution in [2.75, 3.05) is 45.6 Å². The van der Waals surface area contributed by atoms with Crippen LogP contribution in [0.25, 0.3) is 11.0 Å². The largest absolute Gasteiger partial charge is 0.306 e. The van der Waals surface area contributed by atoms with E-state index < -0.39 is 0 Å². The summed E-state index contributed by atoms with van der Waals surface area (Å²) < 4.78 is 2.25. The predicted molar refractivity (Wildman–Crippen MR) is 131 cm³/mol. The third-order valence-corrected chi connectivity index (χ3v) is 6.08. The number of carbonyl (C=O) groups is 1. The molecule has 1 atom stereocenters. The first-order chi connectivity index (χ1) is 16.0. The molecule has 3 aromatic rings. The zero-order valence-electron chi connectivity index (χ0n) is 19.7. The van der Waals surface area contributed by atoms with Crippen LogP contribution < -0.4 is 5.32 Å². The molecule has 1 fully saturated rings. The fourth-order valence-corrected chi connectivity index (χ4v) is 4.44. The molecule has 0 aliphatic carbocycles. The highest BCUT2D eigenvalue weighted by Crippen LogP contribution is 2.32. The van der Waals surface area contributed by atoms with Gasteiger partial charge in [-0.05, 0) is 58.1 Å². The number of hydrogen-bond donors (Lipinski definition) is 1. The maximum atomic E-state index is 12.9. The minimum Gasteiger partial charge on any atom is -0.306 e. The summed E-state index contributed by atoms with van der Waals surface area (Å²) in [4.78, 5) is 22.4. The number of nitrogens with one attached hydrogen (secondary N) is 1. The molecule has 0 spiro atoms. The Kier molecular flexibility index (Phi) is 7.47. The van der Waals surface area contributed by atoms with Crippen molar-refractivity contribution >= 4 is 22.9 Å². The van der Waals surface area contributed by atoms with Crippen molar-refractivity contribution in [3.63, 3.8) is 0 Å². The van der Waals surface area contributed by atoms with Crippen LogP contribution in [-0.4, -0.2) is 75.7 Å². The standard InChI is InChI=1S/C25H33N7O/c1-19-9-8-11-22-23(19)32(25(28-22)29-24(33)20-12-13-26-27-17-20)21-10-4-5-15-31(18-21)16-7-6-14-30(2)3/h6-9,11-13,17,21H,4-5,10,14-16,18H2,1-3H3,(H,28,29,33)/b7-6+. The lowest BCUT2D eigenvalue weighted by Crippen LogP contribution is -2.31. The van der Waals surface area contributed by atoms with Crippen molar-refractivity contribution in [2.45, 2.75) is 32.2 Å². The zero-order valence-corrected chi connectivity index (χ0v) is 19.7. The minimum absolute atomic E-state index is 0.226. The summed E-state index contributed by atoms with van der Waals surface area (Å²) in [5.41, 5.74) is 3.62. The number of aryl methyl sites for hydroxylation is 1. The Hall–Kier alpha value is -3.10. The number of likely N-dealkylation sites (N-methyl/N-ethyl adjacent to an activating group) is 1. The molecule has 1 N–H and O–H groups in total. The number of hydrogen-bond acceptors (Lipinski definition) is 6. The summed E-state index contributed by atoms with van der Waals surface area (Å²) in [5.74, 6) is 0.368. The summed E-state index contributed by atoms with van der Waals surface area (Å²) >= 11 is 0. The van der Waals surface area contributed by atoms with Crippen molar-refractivity contribution in [3.05, 3.63) is 59.9 Å². The lowest BCUT2D eigenvalue weighted by atomic mass is 10.1. The highest BCUT2D eigenvalue weighted by Gasteiger charge is 2.25. The average molecular weight is 448 g/mol. The van der Waals surface area contributed by atoms with Crippen molar-refractivity contribution in [1.29, 1.82) is 0 Å². The molecule has 174 valence electrons. The van der Waals surface area contributed by atoms with Crippen LogP contribution in [0.2, 0.25) is 0 Å². The van der Waals surface area contributed by atoms with E-state index in [2.05, 4.69) is 69.1 Å². The Labute approximate surface area is 195 Å². The molecule has 1 saturated heterocycles. The zero-order chi connectivity index (χ0) is 23.2. The molecule has 1 aliphatic heterocycles. The lowest BCUT2D eigenvalue weighted by molar-refractivity contribution is 0.102. The molecule has 1 aliphatic rings. The maximum absolute atomic E-state index is 12.9. The van der Waals surface area contributed by atoms with Gasteiger partial charge >= 0.3 is 0 Å². The first-order valence-corrected chi connectivity index (χ1v) is 11.6. The van der Waals surface area contributed by atoms with E-state index in [-0.39, 0.29) is 11.9 Å². The van der Waals surface area contributed by atoms with Crippen LogP contribution in [-0.2, 0) is 0 Å². The Morgan fingerprint density at radius 3 is 2.88 bits per heavy atom.